The molecule has 33 heavy (non-hydrogen) atoms. The minimum absolute atomic E-state index is 0.0767. The number of nitriles is 1. The van der Waals surface area contributed by atoms with E-state index in [1.807, 2.05) is 42.5 Å². The Morgan fingerprint density at radius 1 is 0.788 bits per heavy atom. The summed E-state index contributed by atoms with van der Waals surface area (Å²) >= 11 is 0. The van der Waals surface area contributed by atoms with E-state index >= 15 is 0 Å². The van der Waals surface area contributed by atoms with Crippen LogP contribution >= 0.6 is 0 Å². The van der Waals surface area contributed by atoms with Gasteiger partial charge in [-0.15, -0.1) is 0 Å². The predicted molar refractivity (Wildman–Crippen MR) is 136 cm³/mol. The Bertz CT molecular complexity index is 1600. The van der Waals surface area contributed by atoms with E-state index in [1.165, 1.54) is 11.1 Å². The first-order valence-electron chi connectivity index (χ1n) is 11.0. The first-order chi connectivity index (χ1) is 15.9. The standard InChI is InChI=1S/C30H23N3/c1-30(2,3)23-7-5-6-21(17-23)22-9-14-26-27-16-20(19-31)8-15-28(27)33(29(26)18-22)25-12-10-24(32-4)11-13-25/h5-18H,1-3H3. The van der Waals surface area contributed by atoms with Gasteiger partial charge in [-0.2, -0.15) is 5.26 Å². The highest BCUT2D eigenvalue weighted by atomic mass is 15.0. The highest BCUT2D eigenvalue weighted by Gasteiger charge is 2.16. The van der Waals surface area contributed by atoms with Crippen LogP contribution < -0.4 is 0 Å². The van der Waals surface area contributed by atoms with Gasteiger partial charge in [-0.05, 0) is 58.5 Å². The van der Waals surface area contributed by atoms with Crippen molar-refractivity contribution in [3.63, 3.8) is 0 Å². The zero-order valence-electron chi connectivity index (χ0n) is 18.9. The highest BCUT2D eigenvalue weighted by Crippen LogP contribution is 2.36. The summed E-state index contributed by atoms with van der Waals surface area (Å²) in [6, 6.07) is 31.0. The maximum atomic E-state index is 9.45. The molecule has 5 rings (SSSR count). The van der Waals surface area contributed by atoms with Crippen molar-refractivity contribution in [2.45, 2.75) is 26.2 Å². The van der Waals surface area contributed by atoms with E-state index in [0.717, 1.165) is 33.1 Å². The fourth-order valence-corrected chi connectivity index (χ4v) is 4.39. The molecule has 0 amide bonds. The van der Waals surface area contributed by atoms with Crippen LogP contribution in [0.25, 0.3) is 43.5 Å². The van der Waals surface area contributed by atoms with Crippen molar-refractivity contribution >= 4 is 27.5 Å². The summed E-state index contributed by atoms with van der Waals surface area (Å²) in [5.41, 5.74) is 8.08. The molecule has 0 saturated carbocycles. The normalized spacial score (nSPS) is 11.4. The Morgan fingerprint density at radius 3 is 2.24 bits per heavy atom. The van der Waals surface area contributed by atoms with Crippen molar-refractivity contribution in [2.75, 3.05) is 0 Å². The molecule has 0 aliphatic rings. The van der Waals surface area contributed by atoms with E-state index in [0.29, 0.717) is 11.3 Å². The molecule has 158 valence electrons. The Morgan fingerprint density at radius 2 is 1.55 bits per heavy atom. The van der Waals surface area contributed by atoms with Gasteiger partial charge in [0.25, 0.3) is 0 Å². The van der Waals surface area contributed by atoms with Crippen molar-refractivity contribution in [1.82, 2.24) is 4.57 Å². The van der Waals surface area contributed by atoms with Gasteiger partial charge in [-0.1, -0.05) is 69.3 Å². The fraction of sp³-hybridized carbons (Fsp3) is 0.133. The maximum Gasteiger partial charge on any atom is 0.187 e. The Labute approximate surface area is 194 Å². The molecule has 0 bridgehead atoms. The molecule has 3 heteroatoms. The van der Waals surface area contributed by atoms with Crippen LogP contribution in [0.5, 0.6) is 0 Å². The molecule has 4 aromatic carbocycles. The minimum Gasteiger partial charge on any atom is -0.309 e. The molecule has 0 fully saturated rings. The van der Waals surface area contributed by atoms with Crippen LogP contribution in [0.1, 0.15) is 31.9 Å². The number of rotatable bonds is 2. The SMILES string of the molecule is [C-]#[N+]c1ccc(-n2c3ccc(C#N)cc3c3ccc(-c4cccc(C(C)(C)C)c4)cc32)cc1. The van der Waals surface area contributed by atoms with E-state index in [9.17, 15) is 5.26 Å². The van der Waals surface area contributed by atoms with Crippen LogP contribution in [0, 0.1) is 17.9 Å². The lowest BCUT2D eigenvalue weighted by molar-refractivity contribution is 0.590. The lowest BCUT2D eigenvalue weighted by Crippen LogP contribution is -2.10. The monoisotopic (exact) mass is 425 g/mol. The summed E-state index contributed by atoms with van der Waals surface area (Å²) in [6.45, 7) is 14.0. The maximum absolute atomic E-state index is 9.45. The van der Waals surface area contributed by atoms with Gasteiger partial charge in [-0.3, -0.25) is 0 Å². The van der Waals surface area contributed by atoms with E-state index in [2.05, 4.69) is 78.7 Å². The van der Waals surface area contributed by atoms with Crippen molar-refractivity contribution in [2.24, 2.45) is 0 Å². The Hall–Kier alpha value is -4.34. The first-order valence-corrected chi connectivity index (χ1v) is 11.0. The highest BCUT2D eigenvalue weighted by molar-refractivity contribution is 6.10. The molecule has 1 aromatic heterocycles. The summed E-state index contributed by atoms with van der Waals surface area (Å²) in [5.74, 6) is 0. The number of hydrogen-bond acceptors (Lipinski definition) is 1. The Balaban J connectivity index is 1.80. The lowest BCUT2D eigenvalue weighted by atomic mass is 9.85. The molecule has 3 nitrogen and oxygen atoms in total. The number of benzene rings is 4. The second-order valence-corrected chi connectivity index (χ2v) is 9.37. The molecule has 0 unspecified atom stereocenters. The zero-order valence-corrected chi connectivity index (χ0v) is 18.9. The fourth-order valence-electron chi connectivity index (χ4n) is 4.39. The molecule has 5 aromatic rings. The number of nitrogens with zero attached hydrogens (tertiary/aromatic N) is 3. The topological polar surface area (TPSA) is 33.1 Å². The molecule has 0 spiro atoms. The van der Waals surface area contributed by atoms with Crippen LogP contribution in [0.15, 0.2) is 84.9 Å². The summed E-state index contributed by atoms with van der Waals surface area (Å²) in [6.07, 6.45) is 0. The molecule has 0 saturated heterocycles. The summed E-state index contributed by atoms with van der Waals surface area (Å²) in [5, 5.41) is 11.6. The predicted octanol–water partition coefficient (Wildman–Crippen LogP) is 8.17. The molecule has 0 aliphatic heterocycles. The number of hydrogen-bond donors (Lipinski definition) is 0. The van der Waals surface area contributed by atoms with Crippen LogP contribution in [-0.4, -0.2) is 4.57 Å². The summed E-state index contributed by atoms with van der Waals surface area (Å²) in [4.78, 5) is 3.53. The van der Waals surface area contributed by atoms with E-state index in [4.69, 9.17) is 6.57 Å². The molecule has 0 aliphatic carbocycles. The van der Waals surface area contributed by atoms with Gasteiger partial charge >= 0.3 is 0 Å². The van der Waals surface area contributed by atoms with Crippen LogP contribution in [0.2, 0.25) is 0 Å². The van der Waals surface area contributed by atoms with Crippen LogP contribution in [-0.2, 0) is 5.41 Å². The van der Waals surface area contributed by atoms with Crippen molar-refractivity contribution < 1.29 is 0 Å². The molecular formula is C30H23N3. The largest absolute Gasteiger partial charge is 0.309 e. The zero-order chi connectivity index (χ0) is 23.2. The summed E-state index contributed by atoms with van der Waals surface area (Å²) in [7, 11) is 0. The second-order valence-electron chi connectivity index (χ2n) is 9.37. The molecule has 0 N–H and O–H groups in total. The van der Waals surface area contributed by atoms with Gasteiger partial charge in [0, 0.05) is 16.5 Å². The quantitative estimate of drug-likeness (QED) is 0.263. The number of fused-ring (bicyclic) bond motifs is 3. The number of aromatic nitrogens is 1. The van der Waals surface area contributed by atoms with Gasteiger partial charge in [-0.25, -0.2) is 4.85 Å². The van der Waals surface area contributed by atoms with Gasteiger partial charge in [0.05, 0.1) is 29.2 Å². The lowest BCUT2D eigenvalue weighted by Gasteiger charge is -2.20. The van der Waals surface area contributed by atoms with Gasteiger partial charge < -0.3 is 4.57 Å². The molecule has 0 radical (unpaired) electrons. The Kier molecular flexibility index (Phi) is 4.77. The first kappa shape index (κ1) is 20.6. The summed E-state index contributed by atoms with van der Waals surface area (Å²) < 4.78 is 2.22. The average Bonchev–Trinajstić information content (AvgIpc) is 3.16. The van der Waals surface area contributed by atoms with Gasteiger partial charge in [0.1, 0.15) is 0 Å². The van der Waals surface area contributed by atoms with Crippen molar-refractivity contribution in [1.29, 1.82) is 5.26 Å². The molecular weight excluding hydrogens is 402 g/mol. The molecule has 0 atom stereocenters. The van der Waals surface area contributed by atoms with Gasteiger partial charge in [0.15, 0.2) is 5.69 Å². The van der Waals surface area contributed by atoms with Crippen LogP contribution in [0.4, 0.5) is 5.69 Å². The average molecular weight is 426 g/mol. The minimum atomic E-state index is 0.0767. The van der Waals surface area contributed by atoms with Gasteiger partial charge in [0.2, 0.25) is 0 Å². The second kappa shape index (κ2) is 7.66. The third-order valence-corrected chi connectivity index (χ3v) is 6.19. The third-order valence-electron chi connectivity index (χ3n) is 6.19. The van der Waals surface area contributed by atoms with Crippen molar-refractivity contribution in [3.8, 4) is 22.9 Å². The van der Waals surface area contributed by atoms with E-state index < -0.39 is 0 Å². The smallest absolute Gasteiger partial charge is 0.187 e. The van der Waals surface area contributed by atoms with E-state index in [-0.39, 0.29) is 5.41 Å². The van der Waals surface area contributed by atoms with E-state index in [1.54, 1.807) is 0 Å². The van der Waals surface area contributed by atoms with Crippen molar-refractivity contribution in [3.05, 3.63) is 107 Å². The third kappa shape index (κ3) is 3.55. The molecule has 1 heterocycles. The van der Waals surface area contributed by atoms with Crippen LogP contribution in [0.3, 0.4) is 0 Å².